The molecule has 1 amide bonds. The van der Waals surface area contributed by atoms with Gasteiger partial charge in [0.05, 0.1) is 16.8 Å². The number of amides is 1. The molecule has 0 fully saturated rings. The lowest BCUT2D eigenvalue weighted by Crippen LogP contribution is -2.13. The summed E-state index contributed by atoms with van der Waals surface area (Å²) >= 11 is 1.47. The number of rotatable bonds is 4. The highest BCUT2D eigenvalue weighted by Gasteiger charge is 2.18. The number of fused-ring (bicyclic) bond motifs is 1. The van der Waals surface area contributed by atoms with Gasteiger partial charge in [0.2, 0.25) is 0 Å². The fourth-order valence-corrected chi connectivity index (χ4v) is 4.66. The molecule has 3 heterocycles. The van der Waals surface area contributed by atoms with Crippen molar-refractivity contribution in [2.75, 3.05) is 5.32 Å². The maximum Gasteiger partial charge on any atom is 0.258 e. The summed E-state index contributed by atoms with van der Waals surface area (Å²) in [6.45, 7) is 8.10. The Morgan fingerprint density at radius 1 is 0.909 bits per heavy atom. The topological polar surface area (TPSA) is 68.0 Å². The summed E-state index contributed by atoms with van der Waals surface area (Å²) < 4.78 is 5.75. The third kappa shape index (κ3) is 4.05. The Bertz CT molecular complexity index is 1510. The quantitative estimate of drug-likeness (QED) is 0.315. The minimum absolute atomic E-state index is 0.224. The number of furan rings is 1. The Morgan fingerprint density at radius 3 is 2.48 bits per heavy atom. The van der Waals surface area contributed by atoms with Gasteiger partial charge in [-0.05, 0) is 69.2 Å². The van der Waals surface area contributed by atoms with E-state index in [9.17, 15) is 4.79 Å². The number of aryl methyl sites for hydroxylation is 4. The Morgan fingerprint density at radius 2 is 1.73 bits per heavy atom. The summed E-state index contributed by atoms with van der Waals surface area (Å²) in [4.78, 5) is 23.9. The second kappa shape index (κ2) is 8.30. The molecule has 5 nitrogen and oxygen atoms in total. The van der Waals surface area contributed by atoms with E-state index in [-0.39, 0.29) is 5.91 Å². The zero-order chi connectivity index (χ0) is 23.1. The van der Waals surface area contributed by atoms with E-state index in [4.69, 9.17) is 14.4 Å². The highest BCUT2D eigenvalue weighted by molar-refractivity contribution is 7.16. The van der Waals surface area contributed by atoms with Crippen molar-refractivity contribution in [3.05, 3.63) is 88.0 Å². The molecule has 164 valence electrons. The molecule has 0 spiro atoms. The number of hydrogen-bond donors (Lipinski definition) is 1. The summed E-state index contributed by atoms with van der Waals surface area (Å²) in [5.74, 6) is 1.20. The van der Waals surface area contributed by atoms with Crippen LogP contribution in [-0.4, -0.2) is 15.9 Å². The molecule has 1 N–H and O–H groups in total. The first-order valence-electron chi connectivity index (χ1n) is 10.7. The van der Waals surface area contributed by atoms with Crippen molar-refractivity contribution in [2.24, 2.45) is 0 Å². The number of nitrogens with one attached hydrogen (secondary N) is 1. The number of pyridine rings is 1. The predicted octanol–water partition coefficient (Wildman–Crippen LogP) is 7.10. The van der Waals surface area contributed by atoms with Crippen molar-refractivity contribution in [2.45, 2.75) is 27.7 Å². The fraction of sp³-hybridized carbons (Fsp3) is 0.148. The van der Waals surface area contributed by atoms with Crippen LogP contribution in [0.1, 0.15) is 32.1 Å². The molecular weight excluding hydrogens is 430 g/mol. The van der Waals surface area contributed by atoms with Crippen molar-refractivity contribution in [3.8, 4) is 22.7 Å². The molecular formula is C27H23N3O2S. The molecule has 5 rings (SSSR count). The number of para-hydroxylation sites is 1. The zero-order valence-electron chi connectivity index (χ0n) is 18.9. The van der Waals surface area contributed by atoms with Crippen molar-refractivity contribution in [3.63, 3.8) is 0 Å². The van der Waals surface area contributed by atoms with Gasteiger partial charge in [0.15, 0.2) is 10.9 Å². The second-order valence-electron chi connectivity index (χ2n) is 8.16. The van der Waals surface area contributed by atoms with Gasteiger partial charge in [-0.2, -0.15) is 0 Å². The Kier molecular flexibility index (Phi) is 5.30. The number of thiazole rings is 1. The Labute approximate surface area is 196 Å². The van der Waals surface area contributed by atoms with E-state index in [0.29, 0.717) is 22.1 Å². The normalized spacial score (nSPS) is 11.2. The standard InChI is InChI=1S/C27H23N3O2S/c1-15-9-11-19(13-16(15)2)25-18(4)33-27(29-25)30-26(31)21-14-23(24-12-10-17(3)32-24)28-22-8-6-5-7-20(21)22/h5-14H,1-4H3,(H,29,30,31). The minimum Gasteiger partial charge on any atom is -0.460 e. The summed E-state index contributed by atoms with van der Waals surface area (Å²) in [7, 11) is 0. The minimum atomic E-state index is -0.224. The monoisotopic (exact) mass is 453 g/mol. The van der Waals surface area contributed by atoms with Crippen LogP contribution >= 0.6 is 11.3 Å². The molecule has 0 aliphatic carbocycles. The number of carbonyl (C=O) groups is 1. The molecule has 0 radical (unpaired) electrons. The highest BCUT2D eigenvalue weighted by Crippen LogP contribution is 2.32. The van der Waals surface area contributed by atoms with Crippen LogP contribution in [0.15, 0.2) is 65.1 Å². The molecule has 0 bridgehead atoms. The highest BCUT2D eigenvalue weighted by atomic mass is 32.1. The van der Waals surface area contributed by atoms with E-state index in [1.165, 1.54) is 22.5 Å². The first-order valence-corrected chi connectivity index (χ1v) is 11.5. The lowest BCUT2D eigenvalue weighted by molar-refractivity contribution is 0.102. The van der Waals surface area contributed by atoms with Crippen LogP contribution in [-0.2, 0) is 0 Å². The van der Waals surface area contributed by atoms with Gasteiger partial charge >= 0.3 is 0 Å². The van der Waals surface area contributed by atoms with Gasteiger partial charge in [-0.1, -0.05) is 30.3 Å². The van der Waals surface area contributed by atoms with E-state index < -0.39 is 0 Å². The zero-order valence-corrected chi connectivity index (χ0v) is 19.7. The summed E-state index contributed by atoms with van der Waals surface area (Å²) in [6, 6.07) is 19.5. The number of benzene rings is 2. The Hall–Kier alpha value is -3.77. The van der Waals surface area contributed by atoms with Crippen LogP contribution in [0.25, 0.3) is 33.6 Å². The molecule has 3 aromatic heterocycles. The average molecular weight is 454 g/mol. The second-order valence-corrected chi connectivity index (χ2v) is 9.36. The lowest BCUT2D eigenvalue weighted by atomic mass is 10.0. The molecule has 0 unspecified atom stereocenters. The van der Waals surface area contributed by atoms with Crippen LogP contribution in [0.4, 0.5) is 5.13 Å². The van der Waals surface area contributed by atoms with Crippen LogP contribution in [0.2, 0.25) is 0 Å². The van der Waals surface area contributed by atoms with Gasteiger partial charge < -0.3 is 4.42 Å². The SMILES string of the molecule is Cc1ccc(-c2cc(C(=O)Nc3nc(-c4ccc(C)c(C)c4)c(C)s3)c3ccccc3n2)o1. The number of nitrogens with zero attached hydrogens (tertiary/aromatic N) is 2. The van der Waals surface area contributed by atoms with Gasteiger partial charge in [-0.15, -0.1) is 11.3 Å². The molecule has 2 aromatic carbocycles. The maximum absolute atomic E-state index is 13.4. The molecule has 0 saturated carbocycles. The van der Waals surface area contributed by atoms with Crippen LogP contribution in [0, 0.1) is 27.7 Å². The third-order valence-corrected chi connectivity index (χ3v) is 6.64. The van der Waals surface area contributed by atoms with E-state index >= 15 is 0 Å². The molecule has 6 heteroatoms. The van der Waals surface area contributed by atoms with E-state index in [1.54, 1.807) is 6.07 Å². The predicted molar refractivity (Wildman–Crippen MR) is 134 cm³/mol. The Balaban J connectivity index is 1.51. The molecule has 33 heavy (non-hydrogen) atoms. The van der Waals surface area contributed by atoms with Gasteiger partial charge in [-0.3, -0.25) is 10.1 Å². The van der Waals surface area contributed by atoms with Crippen molar-refractivity contribution in [1.29, 1.82) is 0 Å². The first kappa shape index (κ1) is 21.1. The number of hydrogen-bond acceptors (Lipinski definition) is 5. The summed E-state index contributed by atoms with van der Waals surface area (Å²) in [5, 5.41) is 4.35. The molecule has 5 aromatic rings. The molecule has 0 atom stereocenters. The van der Waals surface area contributed by atoms with Crippen LogP contribution < -0.4 is 5.32 Å². The smallest absolute Gasteiger partial charge is 0.258 e. The first-order chi connectivity index (χ1) is 15.9. The van der Waals surface area contributed by atoms with Crippen molar-refractivity contribution >= 4 is 33.3 Å². The fourth-order valence-electron chi connectivity index (χ4n) is 3.83. The van der Waals surface area contributed by atoms with E-state index in [1.807, 2.05) is 50.2 Å². The maximum atomic E-state index is 13.4. The molecule has 0 aliphatic rings. The van der Waals surface area contributed by atoms with Crippen molar-refractivity contribution < 1.29 is 9.21 Å². The van der Waals surface area contributed by atoms with Gasteiger partial charge in [0.25, 0.3) is 5.91 Å². The van der Waals surface area contributed by atoms with Gasteiger partial charge in [-0.25, -0.2) is 9.97 Å². The summed E-state index contributed by atoms with van der Waals surface area (Å²) in [5.41, 5.74) is 6.30. The lowest BCUT2D eigenvalue weighted by Gasteiger charge is -2.08. The van der Waals surface area contributed by atoms with Crippen LogP contribution in [0.3, 0.4) is 0 Å². The van der Waals surface area contributed by atoms with Crippen LogP contribution in [0.5, 0.6) is 0 Å². The molecule has 0 saturated heterocycles. The molecule has 0 aliphatic heterocycles. The van der Waals surface area contributed by atoms with Gasteiger partial charge in [0.1, 0.15) is 11.5 Å². The average Bonchev–Trinajstić information content (AvgIpc) is 3.40. The van der Waals surface area contributed by atoms with Gasteiger partial charge in [0, 0.05) is 15.8 Å². The largest absolute Gasteiger partial charge is 0.460 e. The third-order valence-electron chi connectivity index (χ3n) is 5.75. The summed E-state index contributed by atoms with van der Waals surface area (Å²) in [6.07, 6.45) is 0. The van der Waals surface area contributed by atoms with E-state index in [2.05, 4.69) is 37.4 Å². The van der Waals surface area contributed by atoms with Crippen molar-refractivity contribution in [1.82, 2.24) is 9.97 Å². The number of carbonyl (C=O) groups excluding carboxylic acids is 1. The number of anilines is 1. The number of aromatic nitrogens is 2. The van der Waals surface area contributed by atoms with E-state index in [0.717, 1.165) is 32.8 Å².